The van der Waals surface area contributed by atoms with Gasteiger partial charge in [-0.1, -0.05) is 13.8 Å². The van der Waals surface area contributed by atoms with Crippen molar-refractivity contribution in [3.63, 3.8) is 0 Å². The highest BCUT2D eigenvalue weighted by Crippen LogP contribution is 2.39. The van der Waals surface area contributed by atoms with Crippen molar-refractivity contribution < 1.29 is 23.1 Å². The van der Waals surface area contributed by atoms with E-state index < -0.39 is 12.5 Å². The Morgan fingerprint density at radius 2 is 2.00 bits per heavy atom. The van der Waals surface area contributed by atoms with E-state index in [0.717, 1.165) is 43.7 Å². The van der Waals surface area contributed by atoms with E-state index in [1.54, 1.807) is 35.5 Å². The number of thioether (sulfide) groups is 1. The number of fused-ring (bicyclic) bond motifs is 1. The average molecular weight is 678 g/mol. The van der Waals surface area contributed by atoms with Crippen molar-refractivity contribution in [3.05, 3.63) is 54.6 Å². The van der Waals surface area contributed by atoms with Crippen molar-refractivity contribution in [1.82, 2.24) is 34.2 Å². The number of nitriles is 1. The van der Waals surface area contributed by atoms with Gasteiger partial charge in [0.2, 0.25) is 5.91 Å². The second-order valence-corrected chi connectivity index (χ2v) is 13.9. The molecule has 0 bridgehead atoms. The molecule has 3 aromatic heterocycles. The van der Waals surface area contributed by atoms with Crippen LogP contribution in [-0.4, -0.2) is 90.1 Å². The third kappa shape index (κ3) is 7.60. The number of halogens is 2. The van der Waals surface area contributed by atoms with Gasteiger partial charge in [0.25, 0.3) is 5.91 Å². The van der Waals surface area contributed by atoms with Crippen molar-refractivity contribution in [2.75, 3.05) is 31.5 Å². The lowest BCUT2D eigenvalue weighted by Crippen LogP contribution is -2.50. The predicted molar refractivity (Wildman–Crippen MR) is 176 cm³/mol. The van der Waals surface area contributed by atoms with Gasteiger partial charge in [0.1, 0.15) is 23.6 Å². The third-order valence-electron chi connectivity index (χ3n) is 8.59. The molecular weight excluding hydrogens is 640 g/mol. The van der Waals surface area contributed by atoms with Crippen LogP contribution in [0.5, 0.6) is 5.75 Å². The average Bonchev–Trinajstić information content (AvgIpc) is 3.69. The number of nitrogens with one attached hydrogen (secondary N) is 1. The van der Waals surface area contributed by atoms with Crippen LogP contribution >= 0.6 is 11.8 Å². The molecule has 0 saturated carbocycles. The van der Waals surface area contributed by atoms with E-state index in [1.807, 2.05) is 13.8 Å². The molecular formula is C33H37F2N9O3S. The minimum atomic E-state index is -3.09. The van der Waals surface area contributed by atoms with Crippen LogP contribution in [0.1, 0.15) is 49.9 Å². The van der Waals surface area contributed by atoms with Crippen LogP contribution in [0.2, 0.25) is 0 Å². The largest absolute Gasteiger partial charge is 0.434 e. The number of amides is 2. The molecule has 15 heteroatoms. The summed E-state index contributed by atoms with van der Waals surface area (Å²) in [5.74, 6) is -0.726. The molecule has 1 aromatic carbocycles. The minimum Gasteiger partial charge on any atom is -0.434 e. The molecule has 2 saturated heterocycles. The van der Waals surface area contributed by atoms with Crippen LogP contribution < -0.4 is 10.1 Å². The number of anilines is 1. The van der Waals surface area contributed by atoms with Gasteiger partial charge in [0.05, 0.1) is 23.9 Å². The first-order valence-electron chi connectivity index (χ1n) is 16.0. The summed E-state index contributed by atoms with van der Waals surface area (Å²) in [5, 5.41) is 21.3. The standard InChI is InChI=1S/C33H37F2N9O3S/c1-21(2)48-24-6-7-28(47-33(34)35)25(15-24)30-27(39-32(46)26-17-38-44-12-4-10-37-31(26)44)19-43(40-30)20-29(45)41-13-8-23(9-14-41)42-11-3-5-22(16-36)18-42/h4,6-7,10,12,15,17,19,21-23,33H,3,5,8-9,11,13-14,18,20H2,1-2H3,(H,39,46). The molecule has 2 aliphatic rings. The number of piperidine rings is 2. The van der Waals surface area contributed by atoms with Crippen LogP contribution in [0.15, 0.2) is 53.9 Å². The lowest BCUT2D eigenvalue weighted by atomic mass is 9.95. The van der Waals surface area contributed by atoms with Gasteiger partial charge in [-0.3, -0.25) is 19.2 Å². The summed E-state index contributed by atoms with van der Waals surface area (Å²) in [7, 11) is 0. The van der Waals surface area contributed by atoms with E-state index in [-0.39, 0.29) is 51.9 Å². The fourth-order valence-corrected chi connectivity index (χ4v) is 7.25. The number of carbonyl (C=O) groups is 2. The summed E-state index contributed by atoms with van der Waals surface area (Å²) in [6, 6.07) is 9.28. The molecule has 2 amide bonds. The van der Waals surface area contributed by atoms with E-state index in [9.17, 15) is 23.6 Å². The van der Waals surface area contributed by atoms with E-state index in [4.69, 9.17) is 4.74 Å². The number of alkyl halides is 2. The predicted octanol–water partition coefficient (Wildman–Crippen LogP) is 5.17. The highest BCUT2D eigenvalue weighted by atomic mass is 32.2. The van der Waals surface area contributed by atoms with Gasteiger partial charge in [-0.2, -0.15) is 24.2 Å². The summed E-state index contributed by atoms with van der Waals surface area (Å²) >= 11 is 1.54. The Morgan fingerprint density at radius 3 is 2.75 bits per heavy atom. The molecule has 12 nitrogen and oxygen atoms in total. The summed E-state index contributed by atoms with van der Waals surface area (Å²) < 4.78 is 34.8. The smallest absolute Gasteiger partial charge is 0.387 e. The number of carbonyl (C=O) groups excluding carboxylic acids is 2. The first kappa shape index (κ1) is 33.4. The van der Waals surface area contributed by atoms with Crippen LogP contribution in [0.25, 0.3) is 16.9 Å². The molecule has 0 radical (unpaired) electrons. The van der Waals surface area contributed by atoms with Gasteiger partial charge in [0, 0.05) is 60.0 Å². The first-order valence-corrected chi connectivity index (χ1v) is 16.9. The van der Waals surface area contributed by atoms with E-state index in [0.29, 0.717) is 24.8 Å². The maximum Gasteiger partial charge on any atom is 0.387 e. The first-order chi connectivity index (χ1) is 23.2. The maximum absolute atomic E-state index is 13.5. The molecule has 1 atom stereocenters. The number of aromatic nitrogens is 5. The van der Waals surface area contributed by atoms with Crippen molar-refractivity contribution in [2.24, 2.45) is 5.92 Å². The summed E-state index contributed by atoms with van der Waals surface area (Å²) in [4.78, 5) is 36.3. The van der Waals surface area contributed by atoms with Crippen molar-refractivity contribution in [1.29, 1.82) is 5.26 Å². The molecule has 0 spiro atoms. The number of rotatable bonds is 10. The SMILES string of the molecule is CC(C)Sc1ccc(OC(F)F)c(-c2nn(CC(=O)N3CCC(N4CCCC(C#N)C4)CC3)cc2NC(=O)c2cnn3cccnc23)c1. The zero-order chi connectivity index (χ0) is 33.8. The normalized spacial score (nSPS) is 17.6. The molecule has 0 aliphatic carbocycles. The number of benzene rings is 1. The number of likely N-dealkylation sites (tertiary alicyclic amines) is 2. The third-order valence-corrected chi connectivity index (χ3v) is 9.59. The summed E-state index contributed by atoms with van der Waals surface area (Å²) in [6.07, 6.45) is 9.72. The van der Waals surface area contributed by atoms with Crippen LogP contribution in [0, 0.1) is 17.2 Å². The molecule has 1 N–H and O–H groups in total. The number of ether oxygens (including phenoxy) is 1. The van der Waals surface area contributed by atoms with Crippen LogP contribution in [0.4, 0.5) is 14.5 Å². The summed E-state index contributed by atoms with van der Waals surface area (Å²) in [5.41, 5.74) is 1.19. The van der Waals surface area contributed by atoms with Gasteiger partial charge in [-0.25, -0.2) is 9.50 Å². The lowest BCUT2D eigenvalue weighted by Gasteiger charge is -2.41. The lowest BCUT2D eigenvalue weighted by molar-refractivity contribution is -0.133. The number of nitrogens with zero attached hydrogens (tertiary/aromatic N) is 8. The second kappa shape index (κ2) is 14.7. The minimum absolute atomic E-state index is 0.0579. The molecule has 2 fully saturated rings. The van der Waals surface area contributed by atoms with E-state index >= 15 is 0 Å². The van der Waals surface area contributed by atoms with Gasteiger partial charge < -0.3 is 15.0 Å². The maximum atomic E-state index is 13.5. The Morgan fingerprint density at radius 1 is 1.19 bits per heavy atom. The van der Waals surface area contributed by atoms with E-state index in [2.05, 4.69) is 31.5 Å². The number of hydrogen-bond acceptors (Lipinski definition) is 9. The Labute approximate surface area is 281 Å². The Kier molecular flexibility index (Phi) is 10.2. The molecule has 2 aliphatic heterocycles. The molecule has 252 valence electrons. The summed E-state index contributed by atoms with van der Waals surface area (Å²) in [6.45, 7) is 3.75. The molecule has 5 heterocycles. The number of hydrogen-bond donors (Lipinski definition) is 1. The van der Waals surface area contributed by atoms with Gasteiger partial charge in [-0.05, 0) is 56.5 Å². The molecule has 48 heavy (non-hydrogen) atoms. The molecule has 6 rings (SSSR count). The fourth-order valence-electron chi connectivity index (χ4n) is 6.37. The van der Waals surface area contributed by atoms with Crippen molar-refractivity contribution >= 4 is 34.9 Å². The zero-order valence-corrected chi connectivity index (χ0v) is 27.6. The van der Waals surface area contributed by atoms with Crippen molar-refractivity contribution in [3.8, 4) is 23.1 Å². The van der Waals surface area contributed by atoms with Crippen LogP contribution in [0.3, 0.4) is 0 Å². The second-order valence-electron chi connectivity index (χ2n) is 12.3. The van der Waals surface area contributed by atoms with E-state index in [1.165, 1.54) is 39.4 Å². The highest BCUT2D eigenvalue weighted by molar-refractivity contribution is 7.99. The monoisotopic (exact) mass is 677 g/mol. The zero-order valence-electron chi connectivity index (χ0n) is 26.8. The van der Waals surface area contributed by atoms with Gasteiger partial charge in [-0.15, -0.1) is 11.8 Å². The van der Waals surface area contributed by atoms with Crippen molar-refractivity contribution in [2.45, 2.75) is 68.9 Å². The highest BCUT2D eigenvalue weighted by Gasteiger charge is 2.31. The Balaban J connectivity index is 1.26. The molecule has 4 aromatic rings. The quantitative estimate of drug-likeness (QED) is 0.226. The fraction of sp³-hybridized carbons (Fsp3) is 0.455. The molecule has 1 unspecified atom stereocenters. The Hall–Kier alpha value is -4.55. The Bertz CT molecular complexity index is 1810. The topological polar surface area (TPSA) is 134 Å². The van der Waals surface area contributed by atoms with Gasteiger partial charge in [0.15, 0.2) is 5.65 Å². The van der Waals surface area contributed by atoms with Crippen LogP contribution in [-0.2, 0) is 11.3 Å². The van der Waals surface area contributed by atoms with Gasteiger partial charge >= 0.3 is 6.61 Å².